The maximum absolute atomic E-state index is 4.44. The highest BCUT2D eigenvalue weighted by atomic mass is 15.2. The molecule has 0 radical (unpaired) electrons. The van der Waals surface area contributed by atoms with Gasteiger partial charge < -0.3 is 10.2 Å². The Balaban J connectivity index is 1.89. The Labute approximate surface area is 104 Å². The Morgan fingerprint density at radius 2 is 2.35 bits per heavy atom. The first-order valence-corrected chi connectivity index (χ1v) is 6.65. The van der Waals surface area contributed by atoms with Crippen molar-refractivity contribution in [2.75, 3.05) is 24.5 Å². The normalized spacial score (nSPS) is 20.9. The summed E-state index contributed by atoms with van der Waals surface area (Å²) < 4.78 is 0. The minimum absolute atomic E-state index is 0.584. The minimum atomic E-state index is 0.584. The Kier molecular flexibility index (Phi) is 4.37. The first-order valence-electron chi connectivity index (χ1n) is 6.65. The molecule has 1 saturated heterocycles. The molecular formula is C14H23N3. The second kappa shape index (κ2) is 6.01. The molecule has 1 unspecified atom stereocenters. The molecule has 0 amide bonds. The van der Waals surface area contributed by atoms with Crippen molar-refractivity contribution in [3.05, 3.63) is 24.4 Å². The van der Waals surface area contributed by atoms with Gasteiger partial charge >= 0.3 is 0 Å². The van der Waals surface area contributed by atoms with Gasteiger partial charge in [-0.15, -0.1) is 0 Å². The summed E-state index contributed by atoms with van der Waals surface area (Å²) in [5.41, 5.74) is 0. The summed E-state index contributed by atoms with van der Waals surface area (Å²) in [6.45, 7) is 7.83. The maximum Gasteiger partial charge on any atom is 0.128 e. The van der Waals surface area contributed by atoms with Crippen molar-refractivity contribution in [3.8, 4) is 0 Å². The monoisotopic (exact) mass is 233 g/mol. The van der Waals surface area contributed by atoms with Gasteiger partial charge in [0.1, 0.15) is 5.82 Å². The van der Waals surface area contributed by atoms with E-state index in [4.69, 9.17) is 0 Å². The largest absolute Gasteiger partial charge is 0.356 e. The fourth-order valence-corrected chi connectivity index (χ4v) is 2.38. The van der Waals surface area contributed by atoms with Crippen LogP contribution >= 0.6 is 0 Å². The van der Waals surface area contributed by atoms with Crippen molar-refractivity contribution in [1.82, 2.24) is 10.3 Å². The molecule has 0 aromatic carbocycles. The van der Waals surface area contributed by atoms with E-state index in [-0.39, 0.29) is 0 Å². The number of hydrogen-bond acceptors (Lipinski definition) is 3. The third-order valence-electron chi connectivity index (χ3n) is 3.31. The van der Waals surface area contributed by atoms with Crippen LogP contribution < -0.4 is 10.2 Å². The highest BCUT2D eigenvalue weighted by Gasteiger charge is 2.20. The van der Waals surface area contributed by atoms with Crippen LogP contribution in [0.1, 0.15) is 26.7 Å². The van der Waals surface area contributed by atoms with E-state index in [0.717, 1.165) is 31.4 Å². The summed E-state index contributed by atoms with van der Waals surface area (Å²) in [6.07, 6.45) is 4.50. The summed E-state index contributed by atoms with van der Waals surface area (Å²) >= 11 is 0. The lowest BCUT2D eigenvalue weighted by Gasteiger charge is -2.34. The van der Waals surface area contributed by atoms with E-state index < -0.39 is 0 Å². The molecule has 3 heteroatoms. The summed E-state index contributed by atoms with van der Waals surface area (Å²) in [4.78, 5) is 6.85. The second-order valence-corrected chi connectivity index (χ2v) is 5.21. The standard InChI is InChI=1S/C14H23N3/c1-12(2)16-10-13-6-5-9-17(11-13)14-7-3-4-8-15-14/h3-4,7-8,12-13,16H,5-6,9-11H2,1-2H3. The van der Waals surface area contributed by atoms with Crippen molar-refractivity contribution in [2.45, 2.75) is 32.7 Å². The van der Waals surface area contributed by atoms with Gasteiger partial charge in [-0.25, -0.2) is 4.98 Å². The van der Waals surface area contributed by atoms with Gasteiger partial charge in [-0.1, -0.05) is 19.9 Å². The van der Waals surface area contributed by atoms with E-state index in [2.05, 4.69) is 41.2 Å². The van der Waals surface area contributed by atoms with Gasteiger partial charge in [0.25, 0.3) is 0 Å². The van der Waals surface area contributed by atoms with Gasteiger partial charge in [0.05, 0.1) is 0 Å². The second-order valence-electron chi connectivity index (χ2n) is 5.21. The number of nitrogens with one attached hydrogen (secondary N) is 1. The molecule has 1 atom stereocenters. The smallest absolute Gasteiger partial charge is 0.128 e. The third kappa shape index (κ3) is 3.70. The zero-order valence-corrected chi connectivity index (χ0v) is 10.9. The van der Waals surface area contributed by atoms with Gasteiger partial charge in [-0.2, -0.15) is 0 Å². The van der Waals surface area contributed by atoms with Crippen LogP contribution in [0.4, 0.5) is 5.82 Å². The van der Waals surface area contributed by atoms with E-state index in [9.17, 15) is 0 Å². The van der Waals surface area contributed by atoms with E-state index in [1.54, 1.807) is 0 Å². The Bertz CT molecular complexity index is 323. The molecular weight excluding hydrogens is 210 g/mol. The molecule has 0 aliphatic carbocycles. The van der Waals surface area contributed by atoms with Gasteiger partial charge in [-0.05, 0) is 37.4 Å². The SMILES string of the molecule is CC(C)NCC1CCCN(c2ccccn2)C1. The molecule has 0 saturated carbocycles. The third-order valence-corrected chi connectivity index (χ3v) is 3.31. The molecule has 1 N–H and O–H groups in total. The topological polar surface area (TPSA) is 28.2 Å². The molecule has 2 heterocycles. The number of piperidine rings is 1. The Morgan fingerprint density at radius 3 is 3.06 bits per heavy atom. The molecule has 1 aromatic rings. The van der Waals surface area contributed by atoms with Gasteiger partial charge in [0, 0.05) is 25.3 Å². The van der Waals surface area contributed by atoms with Crippen molar-refractivity contribution >= 4 is 5.82 Å². The highest BCUT2D eigenvalue weighted by molar-refractivity contribution is 5.38. The quantitative estimate of drug-likeness (QED) is 0.865. The number of rotatable bonds is 4. The Hall–Kier alpha value is -1.09. The van der Waals surface area contributed by atoms with Crippen LogP contribution in [-0.2, 0) is 0 Å². The highest BCUT2D eigenvalue weighted by Crippen LogP contribution is 2.20. The fourth-order valence-electron chi connectivity index (χ4n) is 2.38. The lowest BCUT2D eigenvalue weighted by atomic mass is 9.97. The number of hydrogen-bond donors (Lipinski definition) is 1. The molecule has 0 spiro atoms. The molecule has 94 valence electrons. The predicted molar refractivity (Wildman–Crippen MR) is 72.3 cm³/mol. The zero-order chi connectivity index (χ0) is 12.1. The molecule has 3 nitrogen and oxygen atoms in total. The van der Waals surface area contributed by atoms with Crippen LogP contribution in [0.5, 0.6) is 0 Å². The van der Waals surface area contributed by atoms with E-state index >= 15 is 0 Å². The van der Waals surface area contributed by atoms with E-state index in [1.165, 1.54) is 12.8 Å². The number of anilines is 1. The molecule has 1 fully saturated rings. The van der Waals surface area contributed by atoms with E-state index in [0.29, 0.717) is 6.04 Å². The predicted octanol–water partition coefficient (Wildman–Crippen LogP) is 2.30. The molecule has 0 bridgehead atoms. The van der Waals surface area contributed by atoms with Gasteiger partial charge in [0.15, 0.2) is 0 Å². The van der Waals surface area contributed by atoms with Crippen molar-refractivity contribution < 1.29 is 0 Å². The van der Waals surface area contributed by atoms with Crippen LogP contribution in [-0.4, -0.2) is 30.7 Å². The average molecular weight is 233 g/mol. The number of pyridine rings is 1. The number of nitrogens with zero attached hydrogens (tertiary/aromatic N) is 2. The molecule has 1 aliphatic rings. The average Bonchev–Trinajstić information content (AvgIpc) is 2.38. The first kappa shape index (κ1) is 12.4. The van der Waals surface area contributed by atoms with Crippen LogP contribution in [0.3, 0.4) is 0 Å². The lowest BCUT2D eigenvalue weighted by Crippen LogP contribution is -2.41. The summed E-state index contributed by atoms with van der Waals surface area (Å²) in [7, 11) is 0. The molecule has 1 aliphatic heterocycles. The van der Waals surface area contributed by atoms with Crippen molar-refractivity contribution in [1.29, 1.82) is 0 Å². The van der Waals surface area contributed by atoms with E-state index in [1.807, 2.05) is 12.3 Å². The minimum Gasteiger partial charge on any atom is -0.356 e. The van der Waals surface area contributed by atoms with Crippen molar-refractivity contribution in [3.63, 3.8) is 0 Å². The lowest BCUT2D eigenvalue weighted by molar-refractivity contribution is 0.378. The first-order chi connectivity index (χ1) is 8.25. The summed E-state index contributed by atoms with van der Waals surface area (Å²) in [5, 5.41) is 3.54. The Morgan fingerprint density at radius 1 is 1.47 bits per heavy atom. The summed E-state index contributed by atoms with van der Waals surface area (Å²) in [5.74, 6) is 1.88. The summed E-state index contributed by atoms with van der Waals surface area (Å²) in [6, 6.07) is 6.74. The number of aromatic nitrogens is 1. The van der Waals surface area contributed by atoms with Crippen LogP contribution in [0.25, 0.3) is 0 Å². The van der Waals surface area contributed by atoms with Gasteiger partial charge in [0.2, 0.25) is 0 Å². The van der Waals surface area contributed by atoms with Crippen LogP contribution in [0.15, 0.2) is 24.4 Å². The molecule has 1 aromatic heterocycles. The van der Waals surface area contributed by atoms with Crippen LogP contribution in [0, 0.1) is 5.92 Å². The van der Waals surface area contributed by atoms with Crippen molar-refractivity contribution in [2.24, 2.45) is 5.92 Å². The maximum atomic E-state index is 4.44. The van der Waals surface area contributed by atoms with Gasteiger partial charge in [-0.3, -0.25) is 0 Å². The molecule has 2 rings (SSSR count). The van der Waals surface area contributed by atoms with Crippen LogP contribution in [0.2, 0.25) is 0 Å². The molecule has 17 heavy (non-hydrogen) atoms. The zero-order valence-electron chi connectivity index (χ0n) is 10.9. The fraction of sp³-hybridized carbons (Fsp3) is 0.643.